The zero-order valence-corrected chi connectivity index (χ0v) is 19.9. The molecule has 1 aliphatic rings. The van der Waals surface area contributed by atoms with Gasteiger partial charge in [0.2, 0.25) is 0 Å². The lowest BCUT2D eigenvalue weighted by Gasteiger charge is -2.11. The van der Waals surface area contributed by atoms with Gasteiger partial charge in [0.25, 0.3) is 5.91 Å². The molecule has 0 radical (unpaired) electrons. The number of hydrogen-bond acceptors (Lipinski definition) is 5. The van der Waals surface area contributed by atoms with E-state index in [4.69, 9.17) is 9.47 Å². The molecule has 5 nitrogen and oxygen atoms in total. The molecular weight excluding hydrogens is 542 g/mol. The maximum Gasteiger partial charge on any atom is 0.264 e. The topological polar surface area (TPSA) is 59.9 Å². The van der Waals surface area contributed by atoms with Gasteiger partial charge in [-0.05, 0) is 100 Å². The van der Waals surface area contributed by atoms with Gasteiger partial charge < -0.3 is 14.8 Å². The predicted molar refractivity (Wildman–Crippen MR) is 134 cm³/mol. The number of rotatable bonds is 6. The van der Waals surface area contributed by atoms with E-state index in [9.17, 15) is 9.18 Å². The summed E-state index contributed by atoms with van der Waals surface area (Å²) in [5.41, 5.74) is 2.42. The van der Waals surface area contributed by atoms with Gasteiger partial charge in [-0.15, -0.1) is 0 Å². The van der Waals surface area contributed by atoms with Gasteiger partial charge in [0, 0.05) is 3.57 Å². The Morgan fingerprint density at radius 3 is 2.53 bits per heavy atom. The molecule has 8 heteroatoms. The maximum absolute atomic E-state index is 13.1. The van der Waals surface area contributed by atoms with Crippen LogP contribution < -0.4 is 14.8 Å². The lowest BCUT2D eigenvalue weighted by molar-refractivity contribution is -0.115. The first-order chi connectivity index (χ1) is 15.5. The van der Waals surface area contributed by atoms with Crippen molar-refractivity contribution < 1.29 is 18.7 Å². The number of hydrogen-bond donors (Lipinski definition) is 1. The van der Waals surface area contributed by atoms with Crippen LogP contribution in [-0.2, 0) is 11.4 Å². The van der Waals surface area contributed by atoms with Crippen molar-refractivity contribution in [1.29, 1.82) is 0 Å². The fourth-order valence-electron chi connectivity index (χ4n) is 2.90. The van der Waals surface area contributed by atoms with Gasteiger partial charge >= 0.3 is 0 Å². The number of benzene rings is 3. The summed E-state index contributed by atoms with van der Waals surface area (Å²) in [5.74, 6) is 0.621. The molecule has 1 heterocycles. The van der Waals surface area contributed by atoms with Crippen LogP contribution in [0.25, 0.3) is 6.08 Å². The summed E-state index contributed by atoms with van der Waals surface area (Å²) < 4.78 is 25.6. The van der Waals surface area contributed by atoms with Crippen LogP contribution in [0.1, 0.15) is 11.1 Å². The second-order valence-electron chi connectivity index (χ2n) is 6.78. The monoisotopic (exact) mass is 560 g/mol. The Balaban J connectivity index is 1.47. The third-order valence-corrected chi connectivity index (χ3v) is 6.13. The van der Waals surface area contributed by atoms with Crippen LogP contribution in [0.4, 0.5) is 10.1 Å². The second kappa shape index (κ2) is 10.2. The van der Waals surface area contributed by atoms with Gasteiger partial charge in [0.1, 0.15) is 12.4 Å². The van der Waals surface area contributed by atoms with Crippen LogP contribution >= 0.6 is 34.4 Å². The number of carbonyl (C=O) groups excluding carboxylic acids is 1. The number of methoxy groups -OCH3 is 1. The lowest BCUT2D eigenvalue weighted by atomic mass is 10.2. The molecule has 1 N–H and O–H groups in total. The first-order valence-corrected chi connectivity index (χ1v) is 11.5. The highest BCUT2D eigenvalue weighted by Crippen LogP contribution is 2.32. The molecule has 1 saturated heterocycles. The van der Waals surface area contributed by atoms with Gasteiger partial charge in [-0.3, -0.25) is 4.79 Å². The average molecular weight is 560 g/mol. The maximum atomic E-state index is 13.1. The fraction of sp³-hybridized carbons (Fsp3) is 0.0833. The van der Waals surface area contributed by atoms with Crippen molar-refractivity contribution in [3.63, 3.8) is 0 Å². The largest absolute Gasteiger partial charge is 0.493 e. The van der Waals surface area contributed by atoms with E-state index in [2.05, 4.69) is 32.9 Å². The second-order valence-corrected chi connectivity index (χ2v) is 9.06. The van der Waals surface area contributed by atoms with Crippen LogP contribution in [0.2, 0.25) is 0 Å². The summed E-state index contributed by atoms with van der Waals surface area (Å²) in [4.78, 5) is 17.2. The number of amidine groups is 1. The Morgan fingerprint density at radius 1 is 1.06 bits per heavy atom. The summed E-state index contributed by atoms with van der Waals surface area (Å²) in [6.45, 7) is 0.426. The smallest absolute Gasteiger partial charge is 0.264 e. The first-order valence-electron chi connectivity index (χ1n) is 9.60. The summed E-state index contributed by atoms with van der Waals surface area (Å²) in [7, 11) is 1.58. The molecule has 0 aromatic heterocycles. The highest BCUT2D eigenvalue weighted by atomic mass is 127. The van der Waals surface area contributed by atoms with E-state index < -0.39 is 0 Å². The number of nitrogens with one attached hydrogen (secondary N) is 1. The summed E-state index contributed by atoms with van der Waals surface area (Å²) >= 11 is 3.49. The molecule has 1 aliphatic heterocycles. The molecule has 4 rings (SSSR count). The fourth-order valence-corrected chi connectivity index (χ4v) is 4.10. The Bertz CT molecular complexity index is 1190. The van der Waals surface area contributed by atoms with E-state index in [0.717, 1.165) is 11.1 Å². The molecule has 0 saturated carbocycles. The van der Waals surface area contributed by atoms with Crippen LogP contribution in [0.5, 0.6) is 11.5 Å². The molecule has 3 aromatic rings. The van der Waals surface area contributed by atoms with Crippen molar-refractivity contribution >= 4 is 57.2 Å². The molecule has 0 bridgehead atoms. The Kier molecular flexibility index (Phi) is 7.11. The Hall–Kier alpha value is -2.85. The van der Waals surface area contributed by atoms with Gasteiger partial charge in [-0.2, -0.15) is 0 Å². The normalized spacial score (nSPS) is 15.8. The molecule has 0 atom stereocenters. The molecule has 32 heavy (non-hydrogen) atoms. The molecule has 1 amide bonds. The van der Waals surface area contributed by atoms with Crippen molar-refractivity contribution in [2.24, 2.45) is 4.99 Å². The van der Waals surface area contributed by atoms with Crippen molar-refractivity contribution in [2.45, 2.75) is 6.61 Å². The van der Waals surface area contributed by atoms with Crippen LogP contribution in [0.15, 0.2) is 76.6 Å². The number of aliphatic imine (C=N–C) groups is 1. The number of ether oxygens (including phenoxy) is 2. The van der Waals surface area contributed by atoms with E-state index in [1.807, 2.05) is 42.5 Å². The third kappa shape index (κ3) is 5.68. The van der Waals surface area contributed by atoms with Crippen LogP contribution in [-0.4, -0.2) is 18.2 Å². The van der Waals surface area contributed by atoms with Gasteiger partial charge in [-0.1, -0.05) is 18.2 Å². The lowest BCUT2D eigenvalue weighted by Crippen LogP contribution is -2.19. The minimum absolute atomic E-state index is 0.242. The molecule has 0 unspecified atom stereocenters. The van der Waals surface area contributed by atoms with Crippen molar-refractivity contribution in [3.8, 4) is 11.5 Å². The summed E-state index contributed by atoms with van der Waals surface area (Å²) in [6, 6.07) is 19.4. The van der Waals surface area contributed by atoms with E-state index >= 15 is 0 Å². The highest BCUT2D eigenvalue weighted by molar-refractivity contribution is 14.1. The van der Waals surface area contributed by atoms with E-state index in [1.165, 1.54) is 27.5 Å². The van der Waals surface area contributed by atoms with Crippen molar-refractivity contribution in [2.75, 3.05) is 7.11 Å². The predicted octanol–water partition coefficient (Wildman–Crippen LogP) is 5.91. The molecule has 0 aliphatic carbocycles. The highest BCUT2D eigenvalue weighted by Gasteiger charge is 2.24. The Morgan fingerprint density at radius 2 is 1.81 bits per heavy atom. The minimum Gasteiger partial charge on any atom is -0.493 e. The Labute approximate surface area is 202 Å². The molecular formula is C24H18FIN2O3S. The standard InChI is InChI=1S/C24H18FIN2O3S/c1-30-21-12-16(4-11-20(21)31-14-15-2-7-18(26)8-3-15)13-22-23(29)28-24(32-22)27-19-9-5-17(25)6-10-19/h2-13H,14H2,1H3,(H,27,28,29)/b22-13-. The zero-order valence-electron chi connectivity index (χ0n) is 17.0. The van der Waals surface area contributed by atoms with E-state index in [1.54, 1.807) is 25.3 Å². The number of amides is 1. The summed E-state index contributed by atoms with van der Waals surface area (Å²) in [6.07, 6.45) is 1.76. The van der Waals surface area contributed by atoms with Crippen LogP contribution in [0.3, 0.4) is 0 Å². The van der Waals surface area contributed by atoms with E-state index in [0.29, 0.717) is 33.9 Å². The van der Waals surface area contributed by atoms with Gasteiger partial charge in [-0.25, -0.2) is 9.38 Å². The van der Waals surface area contributed by atoms with E-state index in [-0.39, 0.29) is 11.7 Å². The number of halogens is 2. The zero-order chi connectivity index (χ0) is 22.5. The molecule has 0 spiro atoms. The van der Waals surface area contributed by atoms with Crippen molar-refractivity contribution in [3.05, 3.63) is 92.1 Å². The first kappa shape index (κ1) is 22.3. The van der Waals surface area contributed by atoms with Gasteiger partial charge in [0.05, 0.1) is 17.7 Å². The number of thioether (sulfide) groups is 1. The minimum atomic E-state index is -0.336. The van der Waals surface area contributed by atoms with Crippen LogP contribution in [0, 0.1) is 9.39 Å². The number of carbonyl (C=O) groups is 1. The number of nitrogens with zero attached hydrogens (tertiary/aromatic N) is 1. The SMILES string of the molecule is COc1cc(/C=C2\SC(=Nc3ccc(F)cc3)NC2=O)ccc1OCc1ccc(I)cc1. The summed E-state index contributed by atoms with van der Waals surface area (Å²) in [5, 5.41) is 3.17. The molecule has 3 aromatic carbocycles. The third-order valence-electron chi connectivity index (χ3n) is 4.50. The average Bonchev–Trinajstić information content (AvgIpc) is 3.13. The van der Waals surface area contributed by atoms with Gasteiger partial charge in [0.15, 0.2) is 16.7 Å². The quantitative estimate of drug-likeness (QED) is 0.301. The molecule has 162 valence electrons. The molecule has 1 fully saturated rings. The van der Waals surface area contributed by atoms with Crippen molar-refractivity contribution in [1.82, 2.24) is 5.32 Å².